The van der Waals surface area contributed by atoms with E-state index >= 15 is 0 Å². The van der Waals surface area contributed by atoms with Gasteiger partial charge in [0.2, 0.25) is 5.91 Å². The van der Waals surface area contributed by atoms with E-state index in [0.717, 1.165) is 25.7 Å². The van der Waals surface area contributed by atoms with Crippen molar-refractivity contribution in [3.05, 3.63) is 12.2 Å². The third-order valence-electron chi connectivity index (χ3n) is 13.8. The zero-order valence-corrected chi connectivity index (χ0v) is 42.3. The van der Waals surface area contributed by atoms with E-state index in [4.69, 9.17) is 28.4 Å². The molecule has 12 N–H and O–H groups in total. The number of amides is 1. The van der Waals surface area contributed by atoms with Crippen LogP contribution in [0.15, 0.2) is 12.2 Å². The Bertz CT molecular complexity index is 1350. The monoisotopic (exact) mass is 1010 g/mol. The first kappa shape index (κ1) is 62.8. The molecule has 0 aromatic heterocycles. The van der Waals surface area contributed by atoms with Gasteiger partial charge in [-0.15, -0.1) is 0 Å². The van der Waals surface area contributed by atoms with Crippen LogP contribution in [-0.2, 0) is 33.2 Å². The fourth-order valence-electron chi connectivity index (χ4n) is 9.35. The van der Waals surface area contributed by atoms with Gasteiger partial charge in [0.05, 0.1) is 38.6 Å². The lowest BCUT2D eigenvalue weighted by molar-refractivity contribution is -0.379. The van der Waals surface area contributed by atoms with Crippen LogP contribution in [0.2, 0.25) is 0 Å². The summed E-state index contributed by atoms with van der Waals surface area (Å²) in [6, 6.07) is -0.963. The number of allylic oxidation sites excluding steroid dienone is 1. The van der Waals surface area contributed by atoms with E-state index in [1.807, 2.05) is 13.0 Å². The van der Waals surface area contributed by atoms with Gasteiger partial charge in [0, 0.05) is 6.42 Å². The van der Waals surface area contributed by atoms with Gasteiger partial charge in [0.1, 0.15) is 73.2 Å². The van der Waals surface area contributed by atoms with Gasteiger partial charge in [-0.2, -0.15) is 0 Å². The Hall–Kier alpha value is -1.47. The minimum Gasteiger partial charge on any atom is -0.394 e. The van der Waals surface area contributed by atoms with Gasteiger partial charge in [-0.05, 0) is 19.3 Å². The molecule has 70 heavy (non-hydrogen) atoms. The van der Waals surface area contributed by atoms with Gasteiger partial charge < -0.3 is 89.9 Å². The van der Waals surface area contributed by atoms with Crippen LogP contribution in [0.5, 0.6) is 0 Å². The van der Waals surface area contributed by atoms with Gasteiger partial charge in [-0.1, -0.05) is 161 Å². The second-order valence-corrected chi connectivity index (χ2v) is 19.7. The maximum atomic E-state index is 12.6. The second-order valence-electron chi connectivity index (χ2n) is 19.7. The standard InChI is InChI=1S/C51H95NO18/c1-3-5-6-7-8-9-10-11-12-13-14-15-16-17-18-19-20-21-22-23-24-25-26-27-29-35(56)34(52-39(57)28-4-2)33-65-49-45(63)42(60)47(37(31-54)67-49)70-51-46(64)43(61)48(38(32-55)68-51)69-50-44(62)41(59)40(58)36(30-53)66-50/h27,29,34-38,40-51,53-56,58-64H,3-26,28,30-33H2,1-2H3,(H,52,57)/b29-27+. The molecule has 1 amide bonds. The molecule has 0 aliphatic carbocycles. The highest BCUT2D eigenvalue weighted by Gasteiger charge is 2.53. The molecule has 17 atom stereocenters. The summed E-state index contributed by atoms with van der Waals surface area (Å²) in [5, 5.41) is 119. The Morgan fingerprint density at radius 3 is 1.31 bits per heavy atom. The van der Waals surface area contributed by atoms with E-state index in [9.17, 15) is 61.0 Å². The third kappa shape index (κ3) is 21.8. The van der Waals surface area contributed by atoms with Crippen LogP contribution in [0.4, 0.5) is 0 Å². The van der Waals surface area contributed by atoms with Gasteiger partial charge in [0.15, 0.2) is 18.9 Å². The predicted octanol–water partition coefficient (Wildman–Crippen LogP) is 2.65. The van der Waals surface area contributed by atoms with Crippen molar-refractivity contribution in [2.24, 2.45) is 0 Å². The van der Waals surface area contributed by atoms with E-state index in [-0.39, 0.29) is 18.9 Å². The number of hydrogen-bond acceptors (Lipinski definition) is 18. The first-order valence-corrected chi connectivity index (χ1v) is 26.9. The molecule has 3 aliphatic rings. The number of aliphatic hydroxyl groups is 11. The van der Waals surface area contributed by atoms with Crippen LogP contribution in [0.3, 0.4) is 0 Å². The molecule has 0 saturated carbocycles. The molecule has 19 nitrogen and oxygen atoms in total. The largest absolute Gasteiger partial charge is 0.394 e. The Morgan fingerprint density at radius 1 is 0.500 bits per heavy atom. The zero-order valence-electron chi connectivity index (χ0n) is 42.3. The van der Waals surface area contributed by atoms with Crippen molar-refractivity contribution in [3.63, 3.8) is 0 Å². The maximum absolute atomic E-state index is 12.6. The second kappa shape index (κ2) is 36.5. The van der Waals surface area contributed by atoms with Crippen molar-refractivity contribution in [1.29, 1.82) is 0 Å². The highest BCUT2D eigenvalue weighted by atomic mass is 16.8. The molecule has 3 aliphatic heterocycles. The molecule has 19 heteroatoms. The topological polar surface area (TPSA) is 307 Å². The number of hydrogen-bond donors (Lipinski definition) is 12. The zero-order chi connectivity index (χ0) is 51.3. The minimum absolute atomic E-state index is 0.195. The predicted molar refractivity (Wildman–Crippen MR) is 259 cm³/mol. The van der Waals surface area contributed by atoms with Crippen molar-refractivity contribution in [2.75, 3.05) is 26.4 Å². The molecule has 0 bridgehead atoms. The number of aliphatic hydroxyl groups excluding tert-OH is 11. The summed E-state index contributed by atoms with van der Waals surface area (Å²) in [7, 11) is 0. The molecule has 3 heterocycles. The summed E-state index contributed by atoms with van der Waals surface area (Å²) in [5.74, 6) is -0.328. The van der Waals surface area contributed by atoms with E-state index in [2.05, 4.69) is 12.2 Å². The number of ether oxygens (including phenoxy) is 6. The molecule has 3 saturated heterocycles. The van der Waals surface area contributed by atoms with E-state index in [1.54, 1.807) is 6.08 Å². The summed E-state index contributed by atoms with van der Waals surface area (Å²) in [4.78, 5) is 12.6. The molecular formula is C51H95NO18. The summed E-state index contributed by atoms with van der Waals surface area (Å²) in [6.45, 7) is 1.33. The smallest absolute Gasteiger partial charge is 0.220 e. The molecule has 0 radical (unpaired) electrons. The first-order chi connectivity index (χ1) is 33.8. The van der Waals surface area contributed by atoms with E-state index in [0.29, 0.717) is 6.42 Å². The van der Waals surface area contributed by atoms with Crippen molar-refractivity contribution < 1.29 is 89.4 Å². The van der Waals surface area contributed by atoms with Crippen LogP contribution >= 0.6 is 0 Å². The highest BCUT2D eigenvalue weighted by Crippen LogP contribution is 2.33. The highest BCUT2D eigenvalue weighted by molar-refractivity contribution is 5.76. The molecular weight excluding hydrogens is 915 g/mol. The maximum Gasteiger partial charge on any atom is 0.220 e. The van der Waals surface area contributed by atoms with Gasteiger partial charge >= 0.3 is 0 Å². The van der Waals surface area contributed by atoms with Crippen LogP contribution < -0.4 is 5.32 Å². The quantitative estimate of drug-likeness (QED) is 0.0313. The Kier molecular flexibility index (Phi) is 32.7. The van der Waals surface area contributed by atoms with Gasteiger partial charge in [-0.3, -0.25) is 4.79 Å². The van der Waals surface area contributed by atoms with Crippen LogP contribution in [0.1, 0.15) is 174 Å². The normalized spacial score (nSPS) is 32.6. The summed E-state index contributed by atoms with van der Waals surface area (Å²) < 4.78 is 33.8. The molecule has 3 fully saturated rings. The Balaban J connectivity index is 1.36. The van der Waals surface area contributed by atoms with Gasteiger partial charge in [-0.25, -0.2) is 0 Å². The SMILES string of the molecule is CCCCCCCCCCCCCCCCCCCCCCCC/C=C/C(O)C(COC1OC(CO)C(OC2OC(CO)C(OC3OC(CO)C(O)C(O)C3O)C(O)C2O)C(O)C1O)NC(=O)CCC. The lowest BCUT2D eigenvalue weighted by Crippen LogP contribution is -2.66. The van der Waals surface area contributed by atoms with Crippen LogP contribution in [-0.4, -0.2) is 193 Å². The molecule has 0 aromatic carbocycles. The number of carbonyl (C=O) groups excluding carboxylic acids is 1. The van der Waals surface area contributed by atoms with E-state index < -0.39 is 124 Å². The van der Waals surface area contributed by atoms with Crippen LogP contribution in [0.25, 0.3) is 0 Å². The lowest BCUT2D eigenvalue weighted by atomic mass is 9.96. The van der Waals surface area contributed by atoms with Crippen molar-refractivity contribution >= 4 is 5.91 Å². The van der Waals surface area contributed by atoms with Crippen LogP contribution in [0, 0.1) is 0 Å². The molecule has 0 aromatic rings. The number of unbranched alkanes of at least 4 members (excludes halogenated alkanes) is 22. The number of carbonyl (C=O) groups is 1. The fraction of sp³-hybridized carbons (Fsp3) is 0.941. The third-order valence-corrected chi connectivity index (χ3v) is 13.8. The molecule has 3 rings (SSSR count). The van der Waals surface area contributed by atoms with Crippen molar-refractivity contribution in [1.82, 2.24) is 5.32 Å². The average molecular weight is 1010 g/mol. The Morgan fingerprint density at radius 2 is 0.886 bits per heavy atom. The Labute approximate surface area is 416 Å². The minimum atomic E-state index is -1.97. The summed E-state index contributed by atoms with van der Waals surface area (Å²) in [5.41, 5.74) is 0. The molecule has 17 unspecified atom stereocenters. The van der Waals surface area contributed by atoms with Crippen molar-refractivity contribution in [3.8, 4) is 0 Å². The fourth-order valence-corrected chi connectivity index (χ4v) is 9.35. The number of rotatable bonds is 38. The molecule has 412 valence electrons. The first-order valence-electron chi connectivity index (χ1n) is 26.9. The summed E-state index contributed by atoms with van der Waals surface area (Å²) >= 11 is 0. The van der Waals surface area contributed by atoms with E-state index in [1.165, 1.54) is 122 Å². The lowest BCUT2D eigenvalue weighted by Gasteiger charge is -2.48. The number of nitrogens with one attached hydrogen (secondary N) is 1. The summed E-state index contributed by atoms with van der Waals surface area (Å²) in [6.07, 6.45) is 7.17. The molecule has 0 spiro atoms. The average Bonchev–Trinajstić information content (AvgIpc) is 3.35. The van der Waals surface area contributed by atoms with Gasteiger partial charge in [0.25, 0.3) is 0 Å². The van der Waals surface area contributed by atoms with Crippen molar-refractivity contribution in [2.45, 2.75) is 279 Å².